The average molecular weight is 493 g/mol. The molecular formula is C28H32N2O4S. The molecule has 0 unspecified atom stereocenters. The number of ether oxygens (including phenoxy) is 1. The van der Waals surface area contributed by atoms with Crippen LogP contribution in [0.25, 0.3) is 0 Å². The van der Waals surface area contributed by atoms with Gasteiger partial charge in [0.15, 0.2) is 16.4 Å². The van der Waals surface area contributed by atoms with E-state index in [0.717, 1.165) is 49.4 Å². The van der Waals surface area contributed by atoms with Gasteiger partial charge in [-0.25, -0.2) is 8.42 Å². The minimum Gasteiger partial charge on any atom is -0.483 e. The third-order valence-electron chi connectivity index (χ3n) is 6.37. The van der Waals surface area contributed by atoms with E-state index < -0.39 is 9.84 Å². The lowest BCUT2D eigenvalue weighted by molar-refractivity contribution is -0.123. The van der Waals surface area contributed by atoms with Crippen molar-refractivity contribution in [3.05, 3.63) is 90.0 Å². The van der Waals surface area contributed by atoms with Gasteiger partial charge in [0.1, 0.15) is 5.75 Å². The summed E-state index contributed by atoms with van der Waals surface area (Å²) >= 11 is 0. The van der Waals surface area contributed by atoms with Crippen molar-refractivity contribution in [2.45, 2.75) is 37.1 Å². The number of benzene rings is 3. The van der Waals surface area contributed by atoms with Crippen LogP contribution in [0, 0.1) is 0 Å². The molecule has 3 aromatic carbocycles. The molecule has 6 nitrogen and oxygen atoms in total. The molecule has 0 aliphatic carbocycles. The van der Waals surface area contributed by atoms with Crippen LogP contribution in [0.3, 0.4) is 0 Å². The fourth-order valence-electron chi connectivity index (χ4n) is 4.33. The van der Waals surface area contributed by atoms with Crippen LogP contribution in [0.1, 0.15) is 30.9 Å². The van der Waals surface area contributed by atoms with E-state index in [4.69, 9.17) is 4.74 Å². The monoisotopic (exact) mass is 492 g/mol. The summed E-state index contributed by atoms with van der Waals surface area (Å²) < 4.78 is 29.9. The molecule has 1 amide bonds. The van der Waals surface area contributed by atoms with Gasteiger partial charge >= 0.3 is 0 Å². The molecule has 1 aliphatic heterocycles. The van der Waals surface area contributed by atoms with E-state index in [-0.39, 0.29) is 24.3 Å². The first-order chi connectivity index (χ1) is 16.9. The molecule has 184 valence electrons. The zero-order chi connectivity index (χ0) is 24.7. The van der Waals surface area contributed by atoms with Crippen LogP contribution in [0.15, 0.2) is 83.8 Å². The largest absolute Gasteiger partial charge is 0.483 e. The van der Waals surface area contributed by atoms with Crippen molar-refractivity contribution in [2.24, 2.45) is 0 Å². The second kappa shape index (κ2) is 11.4. The summed E-state index contributed by atoms with van der Waals surface area (Å²) in [6, 6.07) is 25.2. The molecule has 4 rings (SSSR count). The maximum atomic E-state index is 12.6. The van der Waals surface area contributed by atoms with Crippen molar-refractivity contribution in [1.82, 2.24) is 5.32 Å². The molecule has 0 saturated carbocycles. The van der Waals surface area contributed by atoms with Crippen LogP contribution in [0.4, 0.5) is 5.69 Å². The summed E-state index contributed by atoms with van der Waals surface area (Å²) in [6.07, 6.45) is 2.40. The third-order valence-corrected chi connectivity index (χ3v) is 8.12. The Labute approximate surface area is 207 Å². The van der Waals surface area contributed by atoms with E-state index in [9.17, 15) is 13.2 Å². The summed E-state index contributed by atoms with van der Waals surface area (Å²) in [5.41, 5.74) is 3.25. The molecule has 0 aromatic heterocycles. The smallest absolute Gasteiger partial charge is 0.258 e. The van der Waals surface area contributed by atoms with Crippen LogP contribution in [0.5, 0.6) is 5.75 Å². The molecule has 0 atom stereocenters. The Balaban J connectivity index is 1.25. The molecule has 1 N–H and O–H groups in total. The molecule has 1 fully saturated rings. The number of carbonyl (C=O) groups excluding carboxylic acids is 1. The molecule has 7 heteroatoms. The van der Waals surface area contributed by atoms with Crippen LogP contribution < -0.4 is 15.0 Å². The fraction of sp³-hybridized carbons (Fsp3) is 0.321. The number of nitrogens with zero attached hydrogens (tertiary/aromatic N) is 1. The maximum Gasteiger partial charge on any atom is 0.258 e. The Kier molecular flexibility index (Phi) is 8.08. The van der Waals surface area contributed by atoms with Gasteiger partial charge in [0.2, 0.25) is 0 Å². The van der Waals surface area contributed by atoms with Crippen molar-refractivity contribution in [1.29, 1.82) is 0 Å². The highest BCUT2D eigenvalue weighted by atomic mass is 32.2. The Morgan fingerprint density at radius 2 is 1.60 bits per heavy atom. The lowest BCUT2D eigenvalue weighted by Crippen LogP contribution is -2.46. The van der Waals surface area contributed by atoms with Crippen LogP contribution >= 0.6 is 0 Å². The van der Waals surface area contributed by atoms with E-state index in [2.05, 4.69) is 22.3 Å². The normalized spacial score (nSPS) is 14.5. The van der Waals surface area contributed by atoms with Crippen LogP contribution in [0.2, 0.25) is 0 Å². The number of piperidine rings is 1. The Bertz CT molecular complexity index is 1220. The minimum absolute atomic E-state index is 0.0145. The first-order valence-electron chi connectivity index (χ1n) is 12.1. The summed E-state index contributed by atoms with van der Waals surface area (Å²) in [6.45, 7) is 3.23. The summed E-state index contributed by atoms with van der Waals surface area (Å²) in [5, 5.41) is 3.10. The van der Waals surface area contributed by atoms with Crippen molar-refractivity contribution in [2.75, 3.05) is 30.3 Å². The van der Waals surface area contributed by atoms with Gasteiger partial charge in [0.25, 0.3) is 5.91 Å². The van der Waals surface area contributed by atoms with Crippen molar-refractivity contribution < 1.29 is 17.9 Å². The van der Waals surface area contributed by atoms with Crippen LogP contribution in [-0.2, 0) is 21.1 Å². The molecule has 1 heterocycles. The van der Waals surface area contributed by atoms with Gasteiger partial charge in [-0.15, -0.1) is 0 Å². The summed E-state index contributed by atoms with van der Waals surface area (Å²) in [5.74, 6) is 0.710. The SMILES string of the molecule is CCS(=O)(=O)c1ccc(N2CCC(NC(=O)COc3ccccc3Cc3ccccc3)CC2)cc1. The molecule has 3 aromatic rings. The third kappa shape index (κ3) is 6.63. The zero-order valence-corrected chi connectivity index (χ0v) is 20.8. The van der Waals surface area contributed by atoms with E-state index in [1.807, 2.05) is 54.6 Å². The standard InChI is InChI=1S/C28H32N2O4S/c1-2-35(32,33)26-14-12-25(13-15-26)30-18-16-24(17-19-30)29-28(31)21-34-27-11-7-6-10-23(27)20-22-8-4-3-5-9-22/h3-15,24H,2,16-21H2,1H3,(H,29,31). The van der Waals surface area contributed by atoms with E-state index in [1.165, 1.54) is 5.56 Å². The van der Waals surface area contributed by atoms with Gasteiger partial charge < -0.3 is 15.0 Å². The van der Waals surface area contributed by atoms with Crippen molar-refractivity contribution in [3.63, 3.8) is 0 Å². The van der Waals surface area contributed by atoms with Gasteiger partial charge in [-0.1, -0.05) is 55.5 Å². The van der Waals surface area contributed by atoms with Gasteiger partial charge in [0.05, 0.1) is 10.6 Å². The van der Waals surface area contributed by atoms with Gasteiger partial charge in [-0.05, 0) is 54.3 Å². The lowest BCUT2D eigenvalue weighted by atomic mass is 10.0. The van der Waals surface area contributed by atoms with Crippen molar-refractivity contribution >= 4 is 21.4 Å². The first kappa shape index (κ1) is 24.8. The number of carbonyl (C=O) groups is 1. The van der Waals surface area contributed by atoms with E-state index in [0.29, 0.717) is 4.90 Å². The molecule has 1 aliphatic rings. The first-order valence-corrected chi connectivity index (χ1v) is 13.7. The molecule has 0 bridgehead atoms. The van der Waals surface area contributed by atoms with Gasteiger partial charge in [0, 0.05) is 31.2 Å². The maximum absolute atomic E-state index is 12.6. The molecule has 1 saturated heterocycles. The molecule has 0 spiro atoms. The zero-order valence-electron chi connectivity index (χ0n) is 20.0. The highest BCUT2D eigenvalue weighted by Gasteiger charge is 2.22. The summed E-state index contributed by atoms with van der Waals surface area (Å²) in [7, 11) is -3.19. The van der Waals surface area contributed by atoms with E-state index in [1.54, 1.807) is 19.1 Å². The molecule has 35 heavy (non-hydrogen) atoms. The number of para-hydroxylation sites is 1. The average Bonchev–Trinajstić information content (AvgIpc) is 2.89. The van der Waals surface area contributed by atoms with Gasteiger partial charge in [-0.2, -0.15) is 0 Å². The highest BCUT2D eigenvalue weighted by Crippen LogP contribution is 2.23. The number of amides is 1. The predicted octanol–water partition coefficient (Wildman–Crippen LogP) is 4.24. The number of nitrogens with one attached hydrogen (secondary N) is 1. The quantitative estimate of drug-likeness (QED) is 0.484. The Morgan fingerprint density at radius 1 is 0.943 bits per heavy atom. The lowest BCUT2D eigenvalue weighted by Gasteiger charge is -2.34. The molecular weight excluding hydrogens is 460 g/mol. The number of hydrogen-bond donors (Lipinski definition) is 1. The second-order valence-electron chi connectivity index (χ2n) is 8.78. The van der Waals surface area contributed by atoms with Crippen molar-refractivity contribution in [3.8, 4) is 5.75 Å². The number of rotatable bonds is 9. The Hall–Kier alpha value is -3.32. The fourth-order valence-corrected chi connectivity index (χ4v) is 5.22. The predicted molar refractivity (Wildman–Crippen MR) is 139 cm³/mol. The Morgan fingerprint density at radius 3 is 2.29 bits per heavy atom. The number of hydrogen-bond acceptors (Lipinski definition) is 5. The molecule has 0 radical (unpaired) electrons. The number of anilines is 1. The minimum atomic E-state index is -3.19. The van der Waals surface area contributed by atoms with Gasteiger partial charge in [-0.3, -0.25) is 4.79 Å². The van der Waals surface area contributed by atoms with Crippen LogP contribution in [-0.4, -0.2) is 45.8 Å². The second-order valence-corrected chi connectivity index (χ2v) is 11.1. The number of sulfone groups is 1. The topological polar surface area (TPSA) is 75.7 Å². The highest BCUT2D eigenvalue weighted by molar-refractivity contribution is 7.91. The summed E-state index contributed by atoms with van der Waals surface area (Å²) in [4.78, 5) is 15.1. The van der Waals surface area contributed by atoms with E-state index >= 15 is 0 Å².